The van der Waals surface area contributed by atoms with Crippen LogP contribution in [0.3, 0.4) is 0 Å². The number of para-hydroxylation sites is 1. The number of hydrogen-bond donors (Lipinski definition) is 2. The van der Waals surface area contributed by atoms with E-state index in [1.54, 1.807) is 30.0 Å². The summed E-state index contributed by atoms with van der Waals surface area (Å²) in [5, 5.41) is 16.1. The lowest BCUT2D eigenvalue weighted by Crippen LogP contribution is -2.40. The van der Waals surface area contributed by atoms with Gasteiger partial charge in [-0.1, -0.05) is 36.0 Å². The summed E-state index contributed by atoms with van der Waals surface area (Å²) in [6.07, 6.45) is 0. The predicted molar refractivity (Wildman–Crippen MR) is 154 cm³/mol. The molecule has 14 heteroatoms. The van der Waals surface area contributed by atoms with Crippen molar-refractivity contribution in [2.45, 2.75) is 9.79 Å². The van der Waals surface area contributed by atoms with Crippen LogP contribution in [0.15, 0.2) is 82.6 Å². The summed E-state index contributed by atoms with van der Waals surface area (Å²) in [5.41, 5.74) is 1.79. The molecule has 0 radical (unpaired) electrons. The molecule has 0 saturated carbocycles. The van der Waals surface area contributed by atoms with Crippen LogP contribution in [0.1, 0.15) is 0 Å². The van der Waals surface area contributed by atoms with E-state index in [4.69, 9.17) is 9.47 Å². The number of carbonyl (C=O) groups is 3. The quantitative estimate of drug-likeness (QED) is 0.136. The number of aromatic nitrogens is 2. The van der Waals surface area contributed by atoms with Gasteiger partial charge in [-0.25, -0.2) is 0 Å². The van der Waals surface area contributed by atoms with E-state index in [9.17, 15) is 24.5 Å². The summed E-state index contributed by atoms with van der Waals surface area (Å²) in [6.45, 7) is -1.24. The third-order valence-corrected chi connectivity index (χ3v) is 7.12. The molecule has 2 heterocycles. The first kappa shape index (κ1) is 29.0. The summed E-state index contributed by atoms with van der Waals surface area (Å²) in [4.78, 5) is 56.9. The monoisotopic (exact) mass is 601 g/mol. The van der Waals surface area contributed by atoms with Gasteiger partial charge in [-0.15, -0.1) is 0 Å². The molecule has 0 fully saturated rings. The molecular formula is C29H23N5O8S. The molecule has 2 amide bonds. The van der Waals surface area contributed by atoms with Crippen molar-refractivity contribution in [1.29, 1.82) is 0 Å². The minimum atomic E-state index is -0.639. The standard InChI is InChI=1S/C29H23N5O8S/c1-40-28(37)15-31-26(35)14-30-27(36)16-41-29-32-20(17-5-4-6-19(11-17)34(38)39)13-21(33-29)18-9-10-23-25(12-18)43-24-8-3-2-7-22(24)42-23/h2-13H,14-16H2,1H3,(H,30,36)(H,31,35). The summed E-state index contributed by atoms with van der Waals surface area (Å²) in [5.74, 6) is -0.418. The molecule has 5 rings (SSSR count). The van der Waals surface area contributed by atoms with Gasteiger partial charge >= 0.3 is 12.0 Å². The molecule has 1 aliphatic rings. The molecule has 0 atom stereocenters. The van der Waals surface area contributed by atoms with Gasteiger partial charge < -0.3 is 24.8 Å². The second kappa shape index (κ2) is 13.0. The van der Waals surface area contributed by atoms with Gasteiger partial charge in [0, 0.05) is 23.3 Å². The molecule has 0 spiro atoms. The van der Waals surface area contributed by atoms with E-state index in [2.05, 4.69) is 25.3 Å². The van der Waals surface area contributed by atoms with Crippen molar-refractivity contribution in [2.24, 2.45) is 0 Å². The second-order valence-corrected chi connectivity index (χ2v) is 10.0. The lowest BCUT2D eigenvalue weighted by atomic mass is 10.1. The Hall–Kier alpha value is -5.50. The minimum absolute atomic E-state index is 0.119. The fourth-order valence-electron chi connectivity index (χ4n) is 3.92. The van der Waals surface area contributed by atoms with Crippen LogP contribution in [0.5, 0.6) is 17.5 Å². The van der Waals surface area contributed by atoms with Crippen LogP contribution in [-0.2, 0) is 19.1 Å². The highest BCUT2D eigenvalue weighted by Crippen LogP contribution is 2.47. The third kappa shape index (κ3) is 7.23. The zero-order valence-electron chi connectivity index (χ0n) is 22.6. The average Bonchev–Trinajstić information content (AvgIpc) is 3.03. The maximum atomic E-state index is 12.4. The summed E-state index contributed by atoms with van der Waals surface area (Å²) >= 11 is 1.54. The highest BCUT2D eigenvalue weighted by molar-refractivity contribution is 7.99. The Labute approximate surface area is 248 Å². The van der Waals surface area contributed by atoms with Crippen molar-refractivity contribution in [3.63, 3.8) is 0 Å². The van der Waals surface area contributed by atoms with E-state index >= 15 is 0 Å². The van der Waals surface area contributed by atoms with Crippen molar-refractivity contribution in [1.82, 2.24) is 20.6 Å². The van der Waals surface area contributed by atoms with E-state index in [0.717, 1.165) is 15.5 Å². The van der Waals surface area contributed by atoms with Crippen molar-refractivity contribution in [3.8, 4) is 40.0 Å². The van der Waals surface area contributed by atoms with Crippen LogP contribution in [0.4, 0.5) is 5.69 Å². The smallest absolute Gasteiger partial charge is 0.325 e. The van der Waals surface area contributed by atoms with Gasteiger partial charge in [0.1, 0.15) is 18.0 Å². The van der Waals surface area contributed by atoms with Crippen molar-refractivity contribution in [2.75, 3.05) is 26.8 Å². The molecule has 4 aromatic rings. The number of nitrogens with zero attached hydrogens (tertiary/aromatic N) is 3. The zero-order valence-corrected chi connectivity index (χ0v) is 23.4. The highest BCUT2D eigenvalue weighted by atomic mass is 32.2. The lowest BCUT2D eigenvalue weighted by molar-refractivity contribution is -0.384. The molecule has 43 heavy (non-hydrogen) atoms. The molecular weight excluding hydrogens is 578 g/mol. The number of methoxy groups -OCH3 is 1. The van der Waals surface area contributed by atoms with Gasteiger partial charge in [0.2, 0.25) is 5.91 Å². The average molecular weight is 602 g/mol. The van der Waals surface area contributed by atoms with Crippen LogP contribution in [-0.4, -0.2) is 59.5 Å². The number of fused-ring (bicyclic) bond motifs is 2. The number of ether oxygens (including phenoxy) is 3. The largest absolute Gasteiger partial charge is 0.468 e. The zero-order chi connectivity index (χ0) is 30.3. The fourth-order valence-corrected chi connectivity index (χ4v) is 4.91. The molecule has 0 aliphatic carbocycles. The van der Waals surface area contributed by atoms with Crippen LogP contribution < -0.4 is 20.1 Å². The minimum Gasteiger partial charge on any atom is -0.468 e. The van der Waals surface area contributed by atoms with Gasteiger partial charge in [-0.05, 0) is 36.4 Å². The molecule has 218 valence electrons. The maximum Gasteiger partial charge on any atom is 0.325 e. The molecule has 1 aromatic heterocycles. The van der Waals surface area contributed by atoms with E-state index in [-0.39, 0.29) is 18.2 Å². The lowest BCUT2D eigenvalue weighted by Gasteiger charge is -2.20. The van der Waals surface area contributed by atoms with Crippen LogP contribution in [0.25, 0.3) is 22.5 Å². The van der Waals surface area contributed by atoms with E-state index in [1.165, 1.54) is 19.2 Å². The normalized spacial score (nSPS) is 11.3. The molecule has 0 unspecified atom stereocenters. The molecule has 13 nitrogen and oxygen atoms in total. The first-order valence-electron chi connectivity index (χ1n) is 12.7. The Morgan fingerprint density at radius 2 is 1.58 bits per heavy atom. The van der Waals surface area contributed by atoms with Crippen molar-refractivity contribution < 1.29 is 33.5 Å². The van der Waals surface area contributed by atoms with E-state index in [0.29, 0.717) is 28.3 Å². The fraction of sp³-hybridized carbons (Fsp3) is 0.138. The number of amides is 2. The molecule has 1 aliphatic heterocycles. The predicted octanol–water partition coefficient (Wildman–Crippen LogP) is 3.76. The first-order chi connectivity index (χ1) is 20.8. The van der Waals surface area contributed by atoms with Crippen molar-refractivity contribution >= 4 is 35.2 Å². The number of rotatable bonds is 10. The van der Waals surface area contributed by atoms with Gasteiger partial charge in [0.25, 0.3) is 11.6 Å². The van der Waals surface area contributed by atoms with Gasteiger partial charge in [-0.2, -0.15) is 9.97 Å². The Balaban J connectivity index is 1.38. The Morgan fingerprint density at radius 1 is 0.860 bits per heavy atom. The third-order valence-electron chi connectivity index (χ3n) is 6.02. The van der Waals surface area contributed by atoms with Gasteiger partial charge in [0.15, 0.2) is 6.61 Å². The van der Waals surface area contributed by atoms with Crippen LogP contribution in [0.2, 0.25) is 0 Å². The van der Waals surface area contributed by atoms with Gasteiger partial charge in [-0.3, -0.25) is 24.5 Å². The topological polar surface area (TPSA) is 172 Å². The van der Waals surface area contributed by atoms with Crippen LogP contribution in [0, 0.1) is 10.1 Å². The SMILES string of the molecule is COC(=O)CNC(=O)CNC(=O)COc1nc(-c2cccc([N+](=O)[O-])c2)cc(-c2ccc3c(c2)Sc2ccccc2O3)n1. The number of benzene rings is 3. The number of hydrogen-bond acceptors (Lipinski definition) is 11. The number of non-ortho nitro benzene ring substituents is 1. The summed E-state index contributed by atoms with van der Waals surface area (Å²) in [7, 11) is 1.19. The molecule has 0 saturated heterocycles. The summed E-state index contributed by atoms with van der Waals surface area (Å²) in [6, 6.07) is 20.7. The maximum absolute atomic E-state index is 12.4. The number of esters is 1. The summed E-state index contributed by atoms with van der Waals surface area (Å²) < 4.78 is 16.0. The highest BCUT2D eigenvalue weighted by Gasteiger charge is 2.20. The van der Waals surface area contributed by atoms with Crippen LogP contribution >= 0.6 is 11.8 Å². The number of nitro groups is 1. The second-order valence-electron chi connectivity index (χ2n) is 8.96. The van der Waals surface area contributed by atoms with E-state index in [1.807, 2.05) is 42.5 Å². The Kier molecular flexibility index (Phi) is 8.77. The number of nitrogens with one attached hydrogen (secondary N) is 2. The Bertz CT molecular complexity index is 1730. The number of nitro benzene ring substituents is 1. The van der Waals surface area contributed by atoms with E-state index < -0.39 is 35.9 Å². The Morgan fingerprint density at radius 3 is 2.35 bits per heavy atom. The molecule has 3 aromatic carbocycles. The first-order valence-corrected chi connectivity index (χ1v) is 13.6. The molecule has 2 N–H and O–H groups in total. The van der Waals surface area contributed by atoms with Crippen molar-refractivity contribution in [3.05, 3.63) is 82.9 Å². The number of carbonyl (C=O) groups excluding carboxylic acids is 3. The van der Waals surface area contributed by atoms with Gasteiger partial charge in [0.05, 0.1) is 39.8 Å². The molecule has 0 bridgehead atoms.